The number of imide groups is 1. The van der Waals surface area contributed by atoms with Gasteiger partial charge in [0.1, 0.15) is 0 Å². The fraction of sp³-hybridized carbons (Fsp3) is 0.360. The Bertz CT molecular complexity index is 1180. The molecule has 0 bridgehead atoms. The number of aromatic nitrogens is 2. The van der Waals surface area contributed by atoms with Crippen molar-refractivity contribution in [2.45, 2.75) is 25.9 Å². The number of anilines is 1. The Labute approximate surface area is 202 Å². The maximum absolute atomic E-state index is 13.2. The first-order valence-electron chi connectivity index (χ1n) is 11.5. The molecular formula is C25H27N5O3S. The molecule has 2 aliphatic heterocycles. The number of thiophene rings is 1. The number of carbonyl (C=O) groups is 3. The second-order valence-corrected chi connectivity index (χ2v) is 9.60. The smallest absolute Gasteiger partial charge is 0.263 e. The number of piperidine rings is 1. The Balaban J connectivity index is 1.24. The van der Waals surface area contributed by atoms with Gasteiger partial charge in [-0.3, -0.25) is 24.0 Å². The number of fused-ring (bicyclic) bond motifs is 1. The van der Waals surface area contributed by atoms with Gasteiger partial charge in [-0.2, -0.15) is 16.4 Å². The molecule has 0 spiro atoms. The lowest BCUT2D eigenvalue weighted by Crippen LogP contribution is -2.42. The predicted molar refractivity (Wildman–Crippen MR) is 130 cm³/mol. The monoisotopic (exact) mass is 477 g/mol. The van der Waals surface area contributed by atoms with Crippen LogP contribution in [0, 0.1) is 5.92 Å². The van der Waals surface area contributed by atoms with Crippen molar-refractivity contribution < 1.29 is 14.4 Å². The summed E-state index contributed by atoms with van der Waals surface area (Å²) >= 11 is 1.55. The minimum atomic E-state index is -0.239. The van der Waals surface area contributed by atoms with Crippen molar-refractivity contribution in [2.24, 2.45) is 5.92 Å². The lowest BCUT2D eigenvalue weighted by molar-refractivity contribution is -0.135. The van der Waals surface area contributed by atoms with Gasteiger partial charge in [0.15, 0.2) is 0 Å². The molecule has 1 saturated heterocycles. The molecule has 0 aliphatic carbocycles. The zero-order valence-electron chi connectivity index (χ0n) is 19.1. The summed E-state index contributed by atoms with van der Waals surface area (Å²) in [7, 11) is 1.84. The van der Waals surface area contributed by atoms with E-state index in [-0.39, 0.29) is 30.2 Å². The summed E-state index contributed by atoms with van der Waals surface area (Å²) < 4.78 is 1.82. The summed E-state index contributed by atoms with van der Waals surface area (Å²) in [6.07, 6.45) is 5.06. The van der Waals surface area contributed by atoms with E-state index in [1.165, 1.54) is 4.90 Å². The Morgan fingerprint density at radius 3 is 2.68 bits per heavy atom. The molecule has 0 unspecified atom stereocenters. The molecule has 8 nitrogen and oxygen atoms in total. The second kappa shape index (κ2) is 9.42. The Morgan fingerprint density at radius 2 is 1.97 bits per heavy atom. The molecule has 0 atom stereocenters. The Morgan fingerprint density at radius 1 is 1.15 bits per heavy atom. The van der Waals surface area contributed by atoms with Crippen LogP contribution in [-0.2, 0) is 17.9 Å². The highest BCUT2D eigenvalue weighted by Gasteiger charge is 2.39. The zero-order chi connectivity index (χ0) is 23.7. The molecule has 9 heteroatoms. The van der Waals surface area contributed by atoms with Crippen molar-refractivity contribution in [2.75, 3.05) is 31.6 Å². The van der Waals surface area contributed by atoms with Gasteiger partial charge in [0.25, 0.3) is 11.8 Å². The minimum Gasteiger partial charge on any atom is -0.371 e. The molecule has 3 aromatic rings. The van der Waals surface area contributed by atoms with Crippen molar-refractivity contribution in [3.63, 3.8) is 0 Å². The highest BCUT2D eigenvalue weighted by molar-refractivity contribution is 7.07. The average molecular weight is 478 g/mol. The highest BCUT2D eigenvalue weighted by Crippen LogP contribution is 2.35. The van der Waals surface area contributed by atoms with Crippen LogP contribution in [0.1, 0.15) is 39.1 Å². The summed E-state index contributed by atoms with van der Waals surface area (Å²) in [6, 6.07) is 9.29. The number of likely N-dealkylation sites (N-methyl/N-ethyl adjacent to an activating group) is 1. The zero-order valence-corrected chi connectivity index (χ0v) is 19.9. The lowest BCUT2D eigenvalue weighted by atomic mass is 9.94. The van der Waals surface area contributed by atoms with Crippen LogP contribution in [0.3, 0.4) is 0 Å². The number of benzene rings is 1. The molecule has 4 heterocycles. The van der Waals surface area contributed by atoms with Gasteiger partial charge in [0.2, 0.25) is 5.91 Å². The van der Waals surface area contributed by atoms with Crippen LogP contribution in [0.25, 0.3) is 0 Å². The van der Waals surface area contributed by atoms with Crippen LogP contribution in [-0.4, -0.2) is 64.0 Å². The van der Waals surface area contributed by atoms with Gasteiger partial charge in [0.05, 0.1) is 29.9 Å². The maximum Gasteiger partial charge on any atom is 0.263 e. The van der Waals surface area contributed by atoms with E-state index in [2.05, 4.69) is 10.00 Å². The van der Waals surface area contributed by atoms with Gasteiger partial charge in [0, 0.05) is 45.0 Å². The number of nitrogens with zero attached hydrogens (tertiary/aromatic N) is 5. The van der Waals surface area contributed by atoms with E-state index in [0.29, 0.717) is 37.3 Å². The van der Waals surface area contributed by atoms with Gasteiger partial charge < -0.3 is 9.80 Å². The fourth-order valence-electron chi connectivity index (χ4n) is 4.76. The Hall–Kier alpha value is -3.46. The van der Waals surface area contributed by atoms with Crippen molar-refractivity contribution in [3.8, 4) is 0 Å². The summed E-state index contributed by atoms with van der Waals surface area (Å²) in [5, 5.41) is 8.09. The number of hydrogen-bond acceptors (Lipinski definition) is 6. The van der Waals surface area contributed by atoms with Crippen molar-refractivity contribution in [1.82, 2.24) is 19.6 Å². The van der Waals surface area contributed by atoms with Gasteiger partial charge in [-0.05, 0) is 53.4 Å². The fourth-order valence-corrected chi connectivity index (χ4v) is 5.42. The average Bonchev–Trinajstić information content (AvgIpc) is 3.62. The summed E-state index contributed by atoms with van der Waals surface area (Å²) in [4.78, 5) is 44.4. The third kappa shape index (κ3) is 4.23. The SMILES string of the molecule is CN(CCn1cccn1)C(=O)C1CCN(c2cccc3c2C(=O)N(Cc2ccsc2)C3=O)CC1. The van der Waals surface area contributed by atoms with Crippen molar-refractivity contribution in [1.29, 1.82) is 0 Å². The number of hydrogen-bond donors (Lipinski definition) is 0. The van der Waals surface area contributed by atoms with E-state index in [4.69, 9.17) is 0 Å². The van der Waals surface area contributed by atoms with Crippen LogP contribution >= 0.6 is 11.3 Å². The van der Waals surface area contributed by atoms with Crippen LogP contribution < -0.4 is 4.90 Å². The topological polar surface area (TPSA) is 78.8 Å². The first-order chi connectivity index (χ1) is 16.5. The van der Waals surface area contributed by atoms with E-state index in [9.17, 15) is 14.4 Å². The lowest BCUT2D eigenvalue weighted by Gasteiger charge is -2.35. The molecule has 2 aromatic heterocycles. The van der Waals surface area contributed by atoms with Crippen molar-refractivity contribution in [3.05, 3.63) is 70.2 Å². The standard InChI is InChI=1S/C25H27N5O3S/c1-27(13-14-29-10-3-9-26-29)23(31)19-6-11-28(12-7-19)21-5-2-4-20-22(21)25(33)30(24(20)32)16-18-8-15-34-17-18/h2-5,8-10,15,17,19H,6-7,11-14,16H2,1H3. The molecule has 0 radical (unpaired) electrons. The van der Waals surface area contributed by atoms with E-state index < -0.39 is 0 Å². The van der Waals surface area contributed by atoms with Crippen molar-refractivity contribution >= 4 is 34.7 Å². The van der Waals surface area contributed by atoms with E-state index >= 15 is 0 Å². The minimum absolute atomic E-state index is 0.0388. The summed E-state index contributed by atoms with van der Waals surface area (Å²) in [5.41, 5.74) is 2.71. The Kier molecular flexibility index (Phi) is 6.19. The molecule has 5 rings (SSSR count). The molecule has 3 amide bonds. The maximum atomic E-state index is 13.2. The quantitative estimate of drug-likeness (QED) is 0.489. The van der Waals surface area contributed by atoms with E-state index in [0.717, 1.165) is 24.1 Å². The molecule has 176 valence electrons. The van der Waals surface area contributed by atoms with Gasteiger partial charge in [-0.15, -0.1) is 0 Å². The van der Waals surface area contributed by atoms with Gasteiger partial charge >= 0.3 is 0 Å². The van der Waals surface area contributed by atoms with Gasteiger partial charge in [-0.1, -0.05) is 6.07 Å². The molecule has 0 N–H and O–H groups in total. The molecule has 0 saturated carbocycles. The third-order valence-electron chi connectivity index (χ3n) is 6.68. The number of carbonyl (C=O) groups excluding carboxylic acids is 3. The van der Waals surface area contributed by atoms with Crippen LogP contribution in [0.4, 0.5) is 5.69 Å². The van der Waals surface area contributed by atoms with Crippen LogP contribution in [0.15, 0.2) is 53.5 Å². The van der Waals surface area contributed by atoms with Crippen LogP contribution in [0.2, 0.25) is 0 Å². The molecule has 1 fully saturated rings. The largest absolute Gasteiger partial charge is 0.371 e. The normalized spacial score (nSPS) is 16.3. The molecule has 34 heavy (non-hydrogen) atoms. The summed E-state index contributed by atoms with van der Waals surface area (Å²) in [5.74, 6) is -0.364. The van der Waals surface area contributed by atoms with E-state index in [1.54, 1.807) is 28.5 Å². The van der Waals surface area contributed by atoms with Gasteiger partial charge in [-0.25, -0.2) is 0 Å². The molecule has 1 aromatic carbocycles. The van der Waals surface area contributed by atoms with Crippen LogP contribution in [0.5, 0.6) is 0 Å². The summed E-state index contributed by atoms with van der Waals surface area (Å²) in [6.45, 7) is 2.92. The first-order valence-corrected chi connectivity index (χ1v) is 12.4. The third-order valence-corrected chi connectivity index (χ3v) is 7.41. The highest BCUT2D eigenvalue weighted by atomic mass is 32.1. The molecular weight excluding hydrogens is 450 g/mol. The number of amides is 3. The second-order valence-electron chi connectivity index (χ2n) is 8.82. The first kappa shape index (κ1) is 22.3. The molecule has 2 aliphatic rings. The number of rotatable bonds is 7. The van der Waals surface area contributed by atoms with E-state index in [1.807, 2.05) is 53.0 Å². The predicted octanol–water partition coefficient (Wildman–Crippen LogP) is 3.12.